The molecule has 1 aliphatic carbocycles. The summed E-state index contributed by atoms with van der Waals surface area (Å²) in [6, 6.07) is -0.359. The Labute approximate surface area is 116 Å². The van der Waals surface area contributed by atoms with Crippen molar-refractivity contribution in [3.63, 3.8) is 0 Å². The minimum absolute atomic E-state index is 0.162. The average molecular weight is 292 g/mol. The van der Waals surface area contributed by atoms with E-state index < -0.39 is 10.0 Å². The smallest absolute Gasteiger partial charge is 0.212 e. The normalized spacial score (nSPS) is 19.6. The molecule has 0 aromatic carbocycles. The first kappa shape index (κ1) is 15.9. The molecule has 0 spiro atoms. The van der Waals surface area contributed by atoms with Crippen molar-refractivity contribution in [3.05, 3.63) is 0 Å². The molecular weight excluding hydrogens is 268 g/mol. The maximum atomic E-state index is 11.9. The molecule has 0 amide bonds. The Morgan fingerprint density at radius 3 is 2.50 bits per heavy atom. The largest absolute Gasteiger partial charge is 0.392 e. The molecule has 1 atom stereocenters. The highest BCUT2D eigenvalue weighted by atomic mass is 32.2. The molecule has 0 bridgehead atoms. The predicted octanol–water partition coefficient (Wildman–Crippen LogP) is 1.94. The molecule has 0 heterocycles. The van der Waals surface area contributed by atoms with Crippen LogP contribution in [0.15, 0.2) is 0 Å². The van der Waals surface area contributed by atoms with E-state index in [-0.39, 0.29) is 22.7 Å². The Hall–Kier alpha value is -0.200. The average Bonchev–Trinajstić information content (AvgIpc) is 2.34. The van der Waals surface area contributed by atoms with Gasteiger partial charge in [0.25, 0.3) is 0 Å². The molecule has 1 aliphatic rings. The highest BCUT2D eigenvalue weighted by Gasteiger charge is 2.29. The zero-order valence-electron chi connectivity index (χ0n) is 11.0. The van der Waals surface area contributed by atoms with Crippen LogP contribution in [-0.2, 0) is 10.0 Å². The molecule has 0 aromatic rings. The number of thiocarbonyl (C=S) groups is 1. The summed E-state index contributed by atoms with van der Waals surface area (Å²) in [5.74, 6) is 0.433. The summed E-state index contributed by atoms with van der Waals surface area (Å²) in [5, 5.41) is 0. The topological polar surface area (TPSA) is 72.2 Å². The summed E-state index contributed by atoms with van der Waals surface area (Å²) in [6.07, 6.45) is 7.06. The first-order chi connectivity index (χ1) is 8.46. The molecule has 4 nitrogen and oxygen atoms in total. The first-order valence-corrected chi connectivity index (χ1v) is 8.81. The molecule has 1 rings (SSSR count). The second kappa shape index (κ2) is 7.40. The van der Waals surface area contributed by atoms with Gasteiger partial charge in [-0.3, -0.25) is 0 Å². The van der Waals surface area contributed by atoms with Gasteiger partial charge in [-0.05, 0) is 25.2 Å². The van der Waals surface area contributed by atoms with E-state index in [4.69, 9.17) is 18.0 Å². The molecule has 1 saturated carbocycles. The van der Waals surface area contributed by atoms with Gasteiger partial charge >= 0.3 is 0 Å². The lowest BCUT2D eigenvalue weighted by molar-refractivity contribution is 0.330. The van der Waals surface area contributed by atoms with Gasteiger partial charge in [0.2, 0.25) is 10.0 Å². The van der Waals surface area contributed by atoms with Crippen molar-refractivity contribution in [1.82, 2.24) is 4.72 Å². The van der Waals surface area contributed by atoms with E-state index in [1.54, 1.807) is 0 Å². The van der Waals surface area contributed by atoms with Crippen molar-refractivity contribution in [2.24, 2.45) is 11.7 Å². The Balaban J connectivity index is 2.64. The summed E-state index contributed by atoms with van der Waals surface area (Å²) in [5.41, 5.74) is 5.71. The van der Waals surface area contributed by atoms with E-state index in [9.17, 15) is 8.42 Å². The van der Waals surface area contributed by atoms with Crippen LogP contribution in [0.5, 0.6) is 0 Å². The zero-order valence-corrected chi connectivity index (χ0v) is 12.7. The molecule has 106 valence electrons. The molecule has 3 N–H and O–H groups in total. The Morgan fingerprint density at radius 2 is 2.00 bits per heavy atom. The van der Waals surface area contributed by atoms with Crippen LogP contribution in [0.4, 0.5) is 0 Å². The van der Waals surface area contributed by atoms with Crippen LogP contribution in [0.1, 0.15) is 51.9 Å². The minimum atomic E-state index is -3.25. The summed E-state index contributed by atoms with van der Waals surface area (Å²) < 4.78 is 26.5. The van der Waals surface area contributed by atoms with Crippen molar-refractivity contribution >= 4 is 27.2 Å². The number of hydrogen-bond donors (Lipinski definition) is 2. The Morgan fingerprint density at radius 1 is 1.39 bits per heavy atom. The Kier molecular flexibility index (Phi) is 6.52. The van der Waals surface area contributed by atoms with E-state index in [1.165, 1.54) is 6.42 Å². The lowest BCUT2D eigenvalue weighted by atomic mass is 9.84. The highest BCUT2D eigenvalue weighted by molar-refractivity contribution is 7.89. The van der Waals surface area contributed by atoms with E-state index >= 15 is 0 Å². The maximum Gasteiger partial charge on any atom is 0.212 e. The summed E-state index contributed by atoms with van der Waals surface area (Å²) >= 11 is 5.03. The summed E-state index contributed by atoms with van der Waals surface area (Å²) in [7, 11) is -3.25. The fraction of sp³-hybridized carbons (Fsp3) is 0.917. The van der Waals surface area contributed by atoms with Gasteiger partial charge in [0.1, 0.15) is 0 Å². The van der Waals surface area contributed by atoms with Gasteiger partial charge in [-0.2, -0.15) is 0 Å². The van der Waals surface area contributed by atoms with E-state index in [1.807, 2.05) is 6.92 Å². The van der Waals surface area contributed by atoms with Gasteiger partial charge in [0.05, 0.1) is 16.8 Å². The van der Waals surface area contributed by atoms with Crippen molar-refractivity contribution in [2.75, 3.05) is 5.75 Å². The van der Waals surface area contributed by atoms with Crippen LogP contribution in [0.3, 0.4) is 0 Å². The van der Waals surface area contributed by atoms with Gasteiger partial charge in [-0.25, -0.2) is 13.1 Å². The SMILES string of the molecule is CCCCS(=O)(=O)NC(C(N)=S)C1CCCCC1. The molecule has 18 heavy (non-hydrogen) atoms. The third-order valence-corrected chi connectivity index (χ3v) is 5.19. The van der Waals surface area contributed by atoms with Crippen LogP contribution in [0.25, 0.3) is 0 Å². The van der Waals surface area contributed by atoms with Crippen molar-refractivity contribution in [2.45, 2.75) is 57.9 Å². The number of rotatable bonds is 7. The number of unbranched alkanes of at least 4 members (excludes halogenated alkanes) is 1. The zero-order chi connectivity index (χ0) is 13.6. The van der Waals surface area contributed by atoms with E-state index in [0.29, 0.717) is 6.42 Å². The summed E-state index contributed by atoms with van der Waals surface area (Å²) in [4.78, 5) is 0.280. The first-order valence-electron chi connectivity index (χ1n) is 6.75. The van der Waals surface area contributed by atoms with E-state index in [0.717, 1.165) is 32.1 Å². The lowest BCUT2D eigenvalue weighted by Crippen LogP contribution is -2.49. The van der Waals surface area contributed by atoms with Gasteiger partial charge in [0, 0.05) is 0 Å². The third-order valence-electron chi connectivity index (χ3n) is 3.50. The van der Waals surface area contributed by atoms with Crippen molar-refractivity contribution in [3.8, 4) is 0 Å². The summed E-state index contributed by atoms with van der Waals surface area (Å²) in [6.45, 7) is 1.97. The van der Waals surface area contributed by atoms with Gasteiger partial charge in [-0.1, -0.05) is 44.8 Å². The predicted molar refractivity (Wildman–Crippen MR) is 79.0 cm³/mol. The standard InChI is InChI=1S/C12H24N2O2S2/c1-2-3-9-18(15,16)14-11(12(13)17)10-7-5-4-6-8-10/h10-11,14H,2-9H2,1H3,(H2,13,17). The van der Waals surface area contributed by atoms with Gasteiger partial charge in [-0.15, -0.1) is 0 Å². The van der Waals surface area contributed by atoms with Crippen LogP contribution >= 0.6 is 12.2 Å². The van der Waals surface area contributed by atoms with Crippen molar-refractivity contribution < 1.29 is 8.42 Å². The molecular formula is C12H24N2O2S2. The van der Waals surface area contributed by atoms with Crippen LogP contribution in [-0.4, -0.2) is 25.2 Å². The maximum absolute atomic E-state index is 11.9. The number of nitrogens with one attached hydrogen (secondary N) is 1. The number of nitrogens with two attached hydrogens (primary N) is 1. The third kappa shape index (κ3) is 5.20. The quantitative estimate of drug-likeness (QED) is 0.703. The van der Waals surface area contributed by atoms with Crippen LogP contribution < -0.4 is 10.5 Å². The second-order valence-electron chi connectivity index (χ2n) is 5.07. The lowest BCUT2D eigenvalue weighted by Gasteiger charge is -2.30. The fourth-order valence-corrected chi connectivity index (χ4v) is 4.26. The van der Waals surface area contributed by atoms with Gasteiger partial charge < -0.3 is 5.73 Å². The number of sulfonamides is 1. The monoisotopic (exact) mass is 292 g/mol. The molecule has 0 aliphatic heterocycles. The molecule has 1 fully saturated rings. The van der Waals surface area contributed by atoms with Gasteiger partial charge in [0.15, 0.2) is 0 Å². The molecule has 6 heteroatoms. The molecule has 0 saturated heterocycles. The second-order valence-corrected chi connectivity index (χ2v) is 7.41. The Bertz CT molecular complexity index is 362. The van der Waals surface area contributed by atoms with Crippen LogP contribution in [0, 0.1) is 5.92 Å². The molecule has 1 unspecified atom stereocenters. The molecule has 0 aromatic heterocycles. The van der Waals surface area contributed by atoms with E-state index in [2.05, 4.69) is 4.72 Å². The van der Waals surface area contributed by atoms with Crippen LogP contribution in [0.2, 0.25) is 0 Å². The minimum Gasteiger partial charge on any atom is -0.392 e. The fourth-order valence-electron chi connectivity index (χ4n) is 2.44. The molecule has 0 radical (unpaired) electrons. The van der Waals surface area contributed by atoms with Crippen molar-refractivity contribution in [1.29, 1.82) is 0 Å². The number of hydrogen-bond acceptors (Lipinski definition) is 3. The highest BCUT2D eigenvalue weighted by Crippen LogP contribution is 2.27.